The fourth-order valence-electron chi connectivity index (χ4n) is 2.20. The number of ether oxygens (including phenoxy) is 1. The van der Waals surface area contributed by atoms with Gasteiger partial charge in [0.15, 0.2) is 0 Å². The summed E-state index contributed by atoms with van der Waals surface area (Å²) in [6.07, 6.45) is 2.50. The van der Waals surface area contributed by atoms with Crippen LogP contribution in [0.15, 0.2) is 22.7 Å². The number of nitrogens with one attached hydrogen (secondary N) is 2. The molecular formula is C15H21BrN2O2. The van der Waals surface area contributed by atoms with Crippen LogP contribution in [0.3, 0.4) is 0 Å². The summed E-state index contributed by atoms with van der Waals surface area (Å²) in [6, 6.07) is 6.42. The van der Waals surface area contributed by atoms with Crippen LogP contribution in [0.4, 0.5) is 0 Å². The molecule has 1 aromatic rings. The van der Waals surface area contributed by atoms with Crippen LogP contribution in [-0.2, 0) is 11.3 Å². The topological polar surface area (TPSA) is 50.4 Å². The van der Waals surface area contributed by atoms with Gasteiger partial charge in [-0.2, -0.15) is 0 Å². The maximum Gasteiger partial charge on any atom is 0.220 e. The van der Waals surface area contributed by atoms with Crippen molar-refractivity contribution in [1.29, 1.82) is 0 Å². The van der Waals surface area contributed by atoms with Crippen molar-refractivity contribution in [3.8, 4) is 5.75 Å². The minimum Gasteiger partial charge on any atom is -0.493 e. The van der Waals surface area contributed by atoms with Crippen molar-refractivity contribution in [2.24, 2.45) is 0 Å². The van der Waals surface area contributed by atoms with Gasteiger partial charge >= 0.3 is 0 Å². The van der Waals surface area contributed by atoms with E-state index in [1.807, 2.05) is 12.1 Å². The number of benzene rings is 1. The molecule has 0 spiro atoms. The van der Waals surface area contributed by atoms with Gasteiger partial charge in [0.25, 0.3) is 0 Å². The first-order valence-corrected chi connectivity index (χ1v) is 7.89. The minimum absolute atomic E-state index is 0.150. The molecule has 2 N–H and O–H groups in total. The molecule has 1 aromatic carbocycles. The highest BCUT2D eigenvalue weighted by molar-refractivity contribution is 9.10. The predicted octanol–water partition coefficient (Wildman–Crippen LogP) is 2.61. The predicted molar refractivity (Wildman–Crippen MR) is 82.8 cm³/mol. The van der Waals surface area contributed by atoms with Gasteiger partial charge in [-0.3, -0.25) is 4.79 Å². The zero-order valence-electron chi connectivity index (χ0n) is 11.7. The first-order chi connectivity index (χ1) is 9.69. The summed E-state index contributed by atoms with van der Waals surface area (Å²) in [6.45, 7) is 4.28. The fraction of sp³-hybridized carbons (Fsp3) is 0.533. The third kappa shape index (κ3) is 4.49. The third-order valence-corrected chi connectivity index (χ3v) is 3.82. The molecular weight excluding hydrogens is 320 g/mol. The van der Waals surface area contributed by atoms with E-state index in [0.717, 1.165) is 41.8 Å². The summed E-state index contributed by atoms with van der Waals surface area (Å²) in [5, 5.41) is 6.37. The molecule has 0 bridgehead atoms. The van der Waals surface area contributed by atoms with Gasteiger partial charge in [-0.15, -0.1) is 0 Å². The number of rotatable bonds is 6. The van der Waals surface area contributed by atoms with Gasteiger partial charge in [-0.1, -0.05) is 22.9 Å². The largest absolute Gasteiger partial charge is 0.493 e. The van der Waals surface area contributed by atoms with E-state index in [1.54, 1.807) is 0 Å². The molecule has 1 aliphatic heterocycles. The fourth-order valence-corrected chi connectivity index (χ4v) is 2.61. The van der Waals surface area contributed by atoms with Gasteiger partial charge in [0, 0.05) is 35.6 Å². The summed E-state index contributed by atoms with van der Waals surface area (Å²) < 4.78 is 6.82. The number of piperidine rings is 1. The smallest absolute Gasteiger partial charge is 0.220 e. The Hall–Kier alpha value is -1.07. The molecule has 0 radical (unpaired) electrons. The first kappa shape index (κ1) is 15.3. The van der Waals surface area contributed by atoms with Crippen molar-refractivity contribution in [3.63, 3.8) is 0 Å². The van der Waals surface area contributed by atoms with Crippen molar-refractivity contribution in [2.75, 3.05) is 13.2 Å². The molecule has 4 nitrogen and oxygen atoms in total. The van der Waals surface area contributed by atoms with Crippen molar-refractivity contribution in [2.45, 2.75) is 38.8 Å². The maximum absolute atomic E-state index is 11.1. The van der Waals surface area contributed by atoms with Gasteiger partial charge in [0.2, 0.25) is 5.91 Å². The van der Waals surface area contributed by atoms with E-state index in [-0.39, 0.29) is 5.91 Å². The highest BCUT2D eigenvalue weighted by atomic mass is 79.9. The van der Waals surface area contributed by atoms with Crippen LogP contribution >= 0.6 is 15.9 Å². The number of carbonyl (C=O) groups is 1. The Morgan fingerprint density at radius 1 is 1.50 bits per heavy atom. The first-order valence-electron chi connectivity index (χ1n) is 7.10. The van der Waals surface area contributed by atoms with Crippen molar-refractivity contribution < 1.29 is 9.53 Å². The molecule has 1 atom stereocenters. The van der Waals surface area contributed by atoms with E-state index in [4.69, 9.17) is 4.74 Å². The number of amides is 1. The van der Waals surface area contributed by atoms with Crippen molar-refractivity contribution in [1.82, 2.24) is 10.6 Å². The van der Waals surface area contributed by atoms with E-state index in [1.165, 1.54) is 0 Å². The summed E-state index contributed by atoms with van der Waals surface area (Å²) in [5.74, 6) is 1.08. The lowest BCUT2D eigenvalue weighted by Gasteiger charge is -2.24. The van der Waals surface area contributed by atoms with Crippen LogP contribution in [0, 0.1) is 0 Å². The van der Waals surface area contributed by atoms with Crippen LogP contribution < -0.4 is 15.4 Å². The lowest BCUT2D eigenvalue weighted by Crippen LogP contribution is -2.45. The minimum atomic E-state index is 0.150. The van der Waals surface area contributed by atoms with Crippen LogP contribution in [0.25, 0.3) is 0 Å². The number of carbonyl (C=O) groups excluding carboxylic acids is 1. The van der Waals surface area contributed by atoms with Crippen molar-refractivity contribution >= 4 is 21.8 Å². The second kappa shape index (κ2) is 7.64. The molecule has 110 valence electrons. The highest BCUT2D eigenvalue weighted by Crippen LogP contribution is 2.23. The average Bonchev–Trinajstić information content (AvgIpc) is 2.46. The third-order valence-electron chi connectivity index (χ3n) is 3.33. The van der Waals surface area contributed by atoms with Crippen LogP contribution in [0.1, 0.15) is 31.7 Å². The van der Waals surface area contributed by atoms with E-state index >= 15 is 0 Å². The second-order valence-corrected chi connectivity index (χ2v) is 5.94. The standard InChI is InChI=1S/C15H21BrN2O2/c1-2-7-20-14-5-3-12(16)8-11(14)9-17-13-4-6-15(19)18-10-13/h3,5,8,13,17H,2,4,6-7,9-10H2,1H3,(H,18,19). The summed E-state index contributed by atoms with van der Waals surface area (Å²) in [4.78, 5) is 11.1. The number of halogens is 1. The number of hydrogen-bond acceptors (Lipinski definition) is 3. The Bertz CT molecular complexity index is 455. The van der Waals surface area contributed by atoms with Crippen LogP contribution in [0.5, 0.6) is 5.75 Å². The Morgan fingerprint density at radius 3 is 3.05 bits per heavy atom. The monoisotopic (exact) mass is 340 g/mol. The molecule has 2 rings (SSSR count). The van der Waals surface area contributed by atoms with E-state index in [2.05, 4.69) is 39.6 Å². The highest BCUT2D eigenvalue weighted by Gasteiger charge is 2.17. The molecule has 1 heterocycles. The van der Waals surface area contributed by atoms with E-state index in [9.17, 15) is 4.79 Å². The zero-order chi connectivity index (χ0) is 14.4. The molecule has 20 heavy (non-hydrogen) atoms. The summed E-state index contributed by atoms with van der Waals surface area (Å²) in [5.41, 5.74) is 1.14. The Morgan fingerprint density at radius 2 is 2.35 bits per heavy atom. The van der Waals surface area contributed by atoms with E-state index < -0.39 is 0 Å². The van der Waals surface area contributed by atoms with Crippen LogP contribution in [0.2, 0.25) is 0 Å². The average molecular weight is 341 g/mol. The lowest BCUT2D eigenvalue weighted by atomic mass is 10.1. The molecule has 1 aliphatic rings. The van der Waals surface area contributed by atoms with Gasteiger partial charge in [0.1, 0.15) is 5.75 Å². The van der Waals surface area contributed by atoms with Crippen molar-refractivity contribution in [3.05, 3.63) is 28.2 Å². The summed E-state index contributed by atoms with van der Waals surface area (Å²) >= 11 is 3.50. The van der Waals surface area contributed by atoms with Gasteiger partial charge in [-0.05, 0) is 31.0 Å². The molecule has 1 unspecified atom stereocenters. The van der Waals surface area contributed by atoms with Gasteiger partial charge in [-0.25, -0.2) is 0 Å². The summed E-state index contributed by atoms with van der Waals surface area (Å²) in [7, 11) is 0. The number of hydrogen-bond donors (Lipinski definition) is 2. The molecule has 0 aromatic heterocycles. The Labute approximate surface area is 128 Å². The lowest BCUT2D eigenvalue weighted by molar-refractivity contribution is -0.122. The quantitative estimate of drug-likeness (QED) is 0.836. The molecule has 1 amide bonds. The van der Waals surface area contributed by atoms with Gasteiger partial charge < -0.3 is 15.4 Å². The van der Waals surface area contributed by atoms with Gasteiger partial charge in [0.05, 0.1) is 6.61 Å². The zero-order valence-corrected chi connectivity index (χ0v) is 13.3. The van der Waals surface area contributed by atoms with Crippen LogP contribution in [-0.4, -0.2) is 25.1 Å². The SMILES string of the molecule is CCCOc1ccc(Br)cc1CNC1CCC(=O)NC1. The molecule has 0 aliphatic carbocycles. The Balaban J connectivity index is 1.93. The Kier molecular flexibility index (Phi) is 5.86. The normalized spacial score (nSPS) is 18.7. The molecule has 0 saturated carbocycles. The maximum atomic E-state index is 11.1. The molecule has 1 saturated heterocycles. The molecule has 5 heteroatoms. The molecule has 1 fully saturated rings. The van der Waals surface area contributed by atoms with E-state index in [0.29, 0.717) is 19.0 Å². The second-order valence-electron chi connectivity index (χ2n) is 5.02.